The quantitative estimate of drug-likeness (QED) is 0.0654. The normalized spacial score (nSPS) is 18.9. The molecule has 5 heterocycles. The second-order valence-corrected chi connectivity index (χ2v) is 16.5. The molecule has 4 atom stereocenters. The van der Waals surface area contributed by atoms with Gasteiger partial charge in [-0.3, -0.25) is 34.8 Å². The van der Waals surface area contributed by atoms with E-state index in [9.17, 15) is 43.2 Å². The van der Waals surface area contributed by atoms with E-state index in [2.05, 4.69) is 59.1 Å². The minimum atomic E-state index is -0.639. The number of carbonyl (C=O) groups excluding carboxylic acids is 9. The topological polar surface area (TPSA) is 290 Å². The maximum atomic E-state index is 13.3. The molecule has 4 unspecified atom stereocenters. The van der Waals surface area contributed by atoms with Crippen molar-refractivity contribution in [3.05, 3.63) is 81.9 Å². The summed E-state index contributed by atoms with van der Waals surface area (Å²) in [4.78, 5) is 111. The molecule has 4 amide bonds. The number of nitrogens with two attached hydrogens (primary N) is 1. The largest absolute Gasteiger partial charge is 1.00 e. The number of likely N-dealkylation sites (tertiary alicyclic amines) is 1. The summed E-state index contributed by atoms with van der Waals surface area (Å²) in [5, 5.41) is 13.8. The number of amidine groups is 2. The predicted molar refractivity (Wildman–Crippen MR) is 264 cm³/mol. The van der Waals surface area contributed by atoms with Crippen molar-refractivity contribution < 1.29 is 87.1 Å². The Morgan fingerprint density at radius 1 is 0.722 bits per heavy atom. The molecule has 0 aromatic heterocycles. The number of carbonyl (C=O) groups is 9. The average molecular weight is 1010 g/mol. The van der Waals surface area contributed by atoms with Gasteiger partial charge in [0.2, 0.25) is 5.97 Å². The number of nitrogens with one attached hydrogen (secondary N) is 4. The number of nitrogens with zero attached hydrogens (tertiary/aromatic N) is 5. The third kappa shape index (κ3) is 16.9. The van der Waals surface area contributed by atoms with Crippen LogP contribution in [0.1, 0.15) is 102 Å². The number of aryl methyl sites for hydroxylation is 2. The van der Waals surface area contributed by atoms with Gasteiger partial charge >= 0.3 is 41.5 Å². The third-order valence-corrected chi connectivity index (χ3v) is 11.3. The molecule has 2 aromatic rings. The standard InChI is InChI=1S/C21H27N5O2.C16H19N5O2.C5H8O2.C4H6O4.C2H3BO2.Na/c1-13-7-8-14(20(27)22-2)11-15(13)16-12-17-18(25(3)21(16)28)19(24-23-17)26-9-5-4-6-10-26;1-8-4-5-9(15(22)18-2)6-10(8)11-7-12-13(14(17)20-19-12)21(3)16(11)23;6-4-2-1-3-5-7;1-3(5)7-8-4(2)6;1-2(4)5-3;/h7-8,11-12,17-18,23H,4-6,9-10H2,1-3H3,(H,22,27);4-7,12-13,19H,1-3H3,(H2,17,20)(H,18,22);4-5H,1-3H2;1-2H3;1H3;/q;;;;-1;+1. The van der Waals surface area contributed by atoms with Crippen molar-refractivity contribution in [2.24, 2.45) is 15.9 Å². The van der Waals surface area contributed by atoms with Crippen molar-refractivity contribution in [3.8, 4) is 0 Å². The van der Waals surface area contributed by atoms with Gasteiger partial charge in [0.1, 0.15) is 36.3 Å². The number of hydrogen-bond acceptors (Lipinski definition) is 18. The first-order valence-electron chi connectivity index (χ1n) is 22.7. The first-order chi connectivity index (χ1) is 33.8. The molecule has 22 nitrogen and oxygen atoms in total. The number of likely N-dealkylation sites (N-methyl/N-ethyl adjacent to an activating group) is 2. The van der Waals surface area contributed by atoms with Gasteiger partial charge in [0, 0.05) is 97.2 Å². The zero-order chi connectivity index (χ0) is 52.9. The molecule has 1 saturated heterocycles. The molecule has 1 fully saturated rings. The van der Waals surface area contributed by atoms with Gasteiger partial charge in [-0.05, 0) is 98.2 Å². The Morgan fingerprint density at radius 2 is 1.14 bits per heavy atom. The molecule has 5 aliphatic heterocycles. The zero-order valence-corrected chi connectivity index (χ0v) is 44.5. The van der Waals surface area contributed by atoms with Crippen LogP contribution in [0.25, 0.3) is 11.1 Å². The molecule has 7 rings (SSSR count). The van der Waals surface area contributed by atoms with Crippen LogP contribution in [-0.2, 0) is 48.0 Å². The number of rotatable bonds is 8. The van der Waals surface area contributed by atoms with Crippen molar-refractivity contribution in [3.63, 3.8) is 0 Å². The van der Waals surface area contributed by atoms with Crippen LogP contribution in [0, 0.1) is 13.8 Å². The number of fused-ring (bicyclic) bond motifs is 2. The maximum Gasteiger partial charge on any atom is 1.00 e. The smallest absolute Gasteiger partial charge is 0.793 e. The number of hydrogen-bond donors (Lipinski definition) is 5. The predicted octanol–water partition coefficient (Wildman–Crippen LogP) is -1.61. The number of amides is 4. The van der Waals surface area contributed by atoms with Gasteiger partial charge in [0.25, 0.3) is 23.6 Å². The molecule has 381 valence electrons. The van der Waals surface area contributed by atoms with E-state index >= 15 is 0 Å². The van der Waals surface area contributed by atoms with Crippen LogP contribution in [0.4, 0.5) is 0 Å². The summed E-state index contributed by atoms with van der Waals surface area (Å²) in [6.07, 6.45) is 10.8. The van der Waals surface area contributed by atoms with E-state index in [0.717, 1.165) is 67.6 Å². The molecule has 0 aliphatic carbocycles. The van der Waals surface area contributed by atoms with E-state index in [0.29, 0.717) is 47.4 Å². The zero-order valence-electron chi connectivity index (χ0n) is 42.5. The van der Waals surface area contributed by atoms with Crippen LogP contribution in [0.5, 0.6) is 0 Å². The number of aldehydes is 2. The fourth-order valence-electron chi connectivity index (χ4n) is 7.74. The Labute approximate surface area is 442 Å². The summed E-state index contributed by atoms with van der Waals surface area (Å²) in [5.41, 5.74) is 17.7. The summed E-state index contributed by atoms with van der Waals surface area (Å²) in [5.74, 6) is -0.898. The van der Waals surface area contributed by atoms with Crippen molar-refractivity contribution >= 4 is 85.0 Å². The first kappa shape index (κ1) is 61.3. The minimum Gasteiger partial charge on any atom is -0.793 e. The van der Waals surface area contributed by atoms with Crippen LogP contribution >= 0.6 is 0 Å². The second kappa shape index (κ2) is 30.1. The van der Waals surface area contributed by atoms with Gasteiger partial charge < -0.3 is 53.4 Å². The number of hydrazone groups is 2. The fraction of sp³-hybridized carbons (Fsp3) is 0.438. The molecule has 72 heavy (non-hydrogen) atoms. The second-order valence-electron chi connectivity index (χ2n) is 16.5. The molecule has 3 radical (unpaired) electrons. The van der Waals surface area contributed by atoms with Crippen molar-refractivity contribution in [2.75, 3.05) is 41.3 Å². The molecule has 2 aromatic carbocycles. The molecular formula is C48H63BN10NaO12. The van der Waals surface area contributed by atoms with Gasteiger partial charge in [-0.25, -0.2) is 19.4 Å². The number of benzene rings is 2. The van der Waals surface area contributed by atoms with E-state index in [1.54, 1.807) is 55.2 Å². The molecule has 24 heteroatoms. The molecule has 0 spiro atoms. The summed E-state index contributed by atoms with van der Waals surface area (Å²) >= 11 is 0. The maximum absolute atomic E-state index is 13.3. The van der Waals surface area contributed by atoms with Crippen LogP contribution in [-0.4, -0.2) is 154 Å². The SMILES string of the molecule is CC(=O)OOC(C)=O.CNC(=O)c1ccc(C)c(C2=CC3NN=C(N)C3N(C)C2=O)c1.CNC(=O)c1ccc(C)c(C2=CC3NN=C(N4CCCCC4)C3N(C)C2=O)c1.O=CCCCC=O.[B-]OC(C)=O.[Na+]. The van der Waals surface area contributed by atoms with Gasteiger partial charge in [-0.2, -0.15) is 10.2 Å². The van der Waals surface area contributed by atoms with E-state index in [1.165, 1.54) is 26.2 Å². The Balaban J connectivity index is 0.000000359. The van der Waals surface area contributed by atoms with Gasteiger partial charge in [0.05, 0.1) is 12.1 Å². The summed E-state index contributed by atoms with van der Waals surface area (Å²) < 4.78 is 3.61. The van der Waals surface area contributed by atoms with E-state index in [-0.39, 0.29) is 77.4 Å². The molecule has 0 saturated carbocycles. The van der Waals surface area contributed by atoms with Crippen molar-refractivity contribution in [2.45, 2.75) is 97.3 Å². The molecular weight excluding hydrogens is 942 g/mol. The number of unbranched alkanes of at least 4 members (excludes halogenated alkanes) is 2. The molecule has 0 bridgehead atoms. The van der Waals surface area contributed by atoms with Gasteiger partial charge in [-0.15, -0.1) is 0 Å². The Hall–Kier alpha value is -6.85. The van der Waals surface area contributed by atoms with Gasteiger partial charge in [0.15, 0.2) is 0 Å². The van der Waals surface area contributed by atoms with Crippen molar-refractivity contribution in [1.29, 1.82) is 0 Å². The number of piperidine rings is 1. The molecule has 5 aliphatic rings. The van der Waals surface area contributed by atoms with E-state index in [1.807, 2.05) is 45.2 Å². The Bertz CT molecular complexity index is 2420. The molecule has 6 N–H and O–H groups in total. The first-order valence-corrected chi connectivity index (χ1v) is 22.7. The minimum absolute atomic E-state index is 0. The van der Waals surface area contributed by atoms with Gasteiger partial charge in [-0.1, -0.05) is 12.1 Å². The van der Waals surface area contributed by atoms with Crippen LogP contribution in [0.15, 0.2) is 58.8 Å². The summed E-state index contributed by atoms with van der Waals surface area (Å²) in [7, 11) is 11.1. The van der Waals surface area contributed by atoms with Crippen LogP contribution in [0.2, 0.25) is 0 Å². The summed E-state index contributed by atoms with van der Waals surface area (Å²) in [6.45, 7) is 9.38. The Kier molecular flexibility index (Phi) is 25.6. The van der Waals surface area contributed by atoms with Crippen LogP contribution < -0.4 is 56.8 Å². The van der Waals surface area contributed by atoms with E-state index < -0.39 is 17.9 Å². The monoisotopic (exact) mass is 1010 g/mol. The average Bonchev–Trinajstić information content (AvgIpc) is 3.97. The summed E-state index contributed by atoms with van der Waals surface area (Å²) in [6, 6.07) is 10.2. The Morgan fingerprint density at radius 3 is 1.54 bits per heavy atom. The van der Waals surface area contributed by atoms with Crippen LogP contribution in [0.3, 0.4) is 0 Å². The van der Waals surface area contributed by atoms with E-state index in [4.69, 9.17) is 5.73 Å². The third-order valence-electron chi connectivity index (χ3n) is 11.3. The fourth-order valence-corrected chi connectivity index (χ4v) is 7.74. The van der Waals surface area contributed by atoms with Crippen molar-refractivity contribution in [1.82, 2.24) is 36.2 Å².